The molecule has 0 fully saturated rings. The third kappa shape index (κ3) is 6.89. The van der Waals surface area contributed by atoms with E-state index in [0.717, 1.165) is 30.1 Å². The molecule has 1 aromatic carbocycles. The molecule has 0 bridgehead atoms. The molecular weight excluding hydrogens is 354 g/mol. The van der Waals surface area contributed by atoms with Crippen LogP contribution in [-0.2, 0) is 10.1 Å². The molecule has 8 heteroatoms. The summed E-state index contributed by atoms with van der Waals surface area (Å²) >= 11 is 0. The van der Waals surface area contributed by atoms with Gasteiger partial charge in [0.05, 0.1) is 24.8 Å². The van der Waals surface area contributed by atoms with Crippen molar-refractivity contribution < 1.29 is 17.7 Å². The Labute approximate surface area is 155 Å². The first-order valence-corrected chi connectivity index (χ1v) is 9.97. The van der Waals surface area contributed by atoms with Gasteiger partial charge in [-0.25, -0.2) is 0 Å². The van der Waals surface area contributed by atoms with Crippen LogP contribution < -0.4 is 9.75 Å². The highest BCUT2D eigenvalue weighted by molar-refractivity contribution is 7.85. The van der Waals surface area contributed by atoms with Gasteiger partial charge < -0.3 is 9.64 Å². The molecule has 1 N–H and O–H groups in total. The summed E-state index contributed by atoms with van der Waals surface area (Å²) in [6.45, 7) is 1.49. The van der Waals surface area contributed by atoms with E-state index in [2.05, 4.69) is 16.1 Å². The van der Waals surface area contributed by atoms with Gasteiger partial charge >= 0.3 is 0 Å². The first-order chi connectivity index (χ1) is 12.4. The highest BCUT2D eigenvalue weighted by Crippen LogP contribution is 2.18. The van der Waals surface area contributed by atoms with Crippen LogP contribution in [0.1, 0.15) is 12.8 Å². The summed E-state index contributed by atoms with van der Waals surface area (Å²) in [5.74, 6) is 0.622. The molecule has 0 aromatic heterocycles. The molecule has 142 valence electrons. The Morgan fingerprint density at radius 2 is 2.04 bits per heavy atom. The van der Waals surface area contributed by atoms with Crippen LogP contribution in [0.25, 0.3) is 0 Å². The van der Waals surface area contributed by atoms with E-state index >= 15 is 0 Å². The molecule has 1 heterocycles. The fourth-order valence-corrected chi connectivity index (χ4v) is 2.99. The lowest BCUT2D eigenvalue weighted by atomic mass is 10.2. The summed E-state index contributed by atoms with van der Waals surface area (Å²) in [5, 5.41) is 6.22. The van der Waals surface area contributed by atoms with Crippen LogP contribution in [0, 0.1) is 0 Å². The summed E-state index contributed by atoms with van der Waals surface area (Å²) in [6.07, 6.45) is 8.97. The van der Waals surface area contributed by atoms with E-state index < -0.39 is 10.1 Å². The molecule has 0 unspecified atom stereocenters. The van der Waals surface area contributed by atoms with Crippen LogP contribution in [-0.4, -0.2) is 57.1 Å². The van der Waals surface area contributed by atoms with Crippen LogP contribution in [0.4, 0.5) is 5.69 Å². The van der Waals surface area contributed by atoms with Crippen LogP contribution in [0.3, 0.4) is 0 Å². The number of hydrazone groups is 1. The van der Waals surface area contributed by atoms with E-state index in [4.69, 9.17) is 9.29 Å². The Balaban J connectivity index is 1.77. The summed E-state index contributed by atoms with van der Waals surface area (Å²) in [4.78, 5) is 2.09. The lowest BCUT2D eigenvalue weighted by Gasteiger charge is -2.21. The van der Waals surface area contributed by atoms with Crippen molar-refractivity contribution in [2.75, 3.05) is 38.0 Å². The van der Waals surface area contributed by atoms with Crippen molar-refractivity contribution in [3.05, 3.63) is 48.2 Å². The van der Waals surface area contributed by atoms with Gasteiger partial charge in [0.25, 0.3) is 10.1 Å². The number of unbranched alkanes of at least 4 members (excludes halogenated alkanes) is 1. The van der Waals surface area contributed by atoms with E-state index in [1.54, 1.807) is 18.3 Å². The molecule has 0 radical (unpaired) electrons. The second-order valence-corrected chi connectivity index (χ2v) is 7.55. The van der Waals surface area contributed by atoms with E-state index in [0.29, 0.717) is 12.8 Å². The normalized spacial score (nSPS) is 14.6. The largest absolute Gasteiger partial charge is 0.497 e. The maximum absolute atomic E-state index is 10.7. The minimum absolute atomic E-state index is 0.185. The molecule has 0 amide bonds. The minimum atomic E-state index is -3.86. The molecule has 7 nitrogen and oxygen atoms in total. The standard InChI is InChI=1S/C18H25N3O4S/c1-20(17-5-7-18(25-2)8-6-17)19-15-16-9-12-21(13-10-16)11-3-4-14-26(22,23)24/h5-10,12,15H,3-4,11,13-14H2,1-2H3,(H,22,23,24). The molecule has 0 saturated heterocycles. The first kappa shape index (κ1) is 20.0. The Hall–Kier alpha value is -2.32. The van der Waals surface area contributed by atoms with Gasteiger partial charge in [-0.1, -0.05) is 6.08 Å². The lowest BCUT2D eigenvalue weighted by Crippen LogP contribution is -2.22. The van der Waals surface area contributed by atoms with E-state index in [1.807, 2.05) is 43.6 Å². The molecule has 26 heavy (non-hydrogen) atoms. The van der Waals surface area contributed by atoms with Gasteiger partial charge in [-0.15, -0.1) is 0 Å². The van der Waals surface area contributed by atoms with E-state index in [9.17, 15) is 8.42 Å². The number of methoxy groups -OCH3 is 1. The molecule has 1 aliphatic rings. The number of hydrogen-bond acceptors (Lipinski definition) is 6. The van der Waals surface area contributed by atoms with Gasteiger partial charge in [0.15, 0.2) is 0 Å². The zero-order valence-corrected chi connectivity index (χ0v) is 15.9. The summed E-state index contributed by atoms with van der Waals surface area (Å²) in [5.41, 5.74) is 1.97. The SMILES string of the molecule is COc1ccc(N(C)N=CC2=CCN(CCCCS(=O)(=O)O)C=C2)cc1. The third-order valence-electron chi connectivity index (χ3n) is 3.96. The zero-order valence-electron chi connectivity index (χ0n) is 15.1. The minimum Gasteiger partial charge on any atom is -0.497 e. The average Bonchev–Trinajstić information content (AvgIpc) is 2.63. The smallest absolute Gasteiger partial charge is 0.264 e. The maximum Gasteiger partial charge on any atom is 0.264 e. The first-order valence-electron chi connectivity index (χ1n) is 8.37. The third-order valence-corrected chi connectivity index (χ3v) is 4.77. The van der Waals surface area contributed by atoms with Crippen LogP contribution in [0.15, 0.2) is 53.3 Å². The van der Waals surface area contributed by atoms with Crippen molar-refractivity contribution in [3.8, 4) is 5.75 Å². The number of nitrogens with zero attached hydrogens (tertiary/aromatic N) is 3. The lowest BCUT2D eigenvalue weighted by molar-refractivity contribution is 0.398. The second kappa shape index (κ2) is 9.40. The molecule has 0 saturated carbocycles. The number of rotatable bonds is 9. The average molecular weight is 379 g/mol. The molecule has 0 spiro atoms. The molecule has 0 atom stereocenters. The van der Waals surface area contributed by atoms with Crippen molar-refractivity contribution in [3.63, 3.8) is 0 Å². The Kier molecular flexibility index (Phi) is 7.23. The number of hydrogen-bond donors (Lipinski definition) is 1. The summed E-state index contributed by atoms with van der Waals surface area (Å²) < 4.78 is 35.2. The van der Waals surface area contributed by atoms with Gasteiger partial charge in [-0.2, -0.15) is 13.5 Å². The second-order valence-electron chi connectivity index (χ2n) is 5.97. The van der Waals surface area contributed by atoms with Gasteiger partial charge in [-0.05, 0) is 55.0 Å². The fourth-order valence-electron chi connectivity index (χ4n) is 2.42. The number of ether oxygens (including phenoxy) is 1. The molecule has 2 rings (SSSR count). The van der Waals surface area contributed by atoms with Crippen LogP contribution in [0.5, 0.6) is 5.75 Å². The quantitative estimate of drug-likeness (QED) is 0.307. The van der Waals surface area contributed by atoms with Crippen LogP contribution in [0.2, 0.25) is 0 Å². The zero-order chi connectivity index (χ0) is 19.0. The highest BCUT2D eigenvalue weighted by atomic mass is 32.2. The Morgan fingerprint density at radius 3 is 2.62 bits per heavy atom. The van der Waals surface area contributed by atoms with Gasteiger partial charge in [0.1, 0.15) is 5.75 Å². The Bertz CT molecular complexity index is 770. The van der Waals surface area contributed by atoms with E-state index in [-0.39, 0.29) is 5.75 Å². The van der Waals surface area contributed by atoms with Gasteiger partial charge in [0.2, 0.25) is 0 Å². The van der Waals surface area contributed by atoms with Crippen molar-refractivity contribution in [1.82, 2.24) is 4.90 Å². The van der Waals surface area contributed by atoms with Gasteiger partial charge in [-0.3, -0.25) is 9.56 Å². The predicted molar refractivity (Wildman–Crippen MR) is 104 cm³/mol. The summed E-state index contributed by atoms with van der Waals surface area (Å²) in [7, 11) is -0.338. The fraction of sp³-hybridized carbons (Fsp3) is 0.389. The van der Waals surface area contributed by atoms with Crippen molar-refractivity contribution in [1.29, 1.82) is 0 Å². The summed E-state index contributed by atoms with van der Waals surface area (Å²) in [6, 6.07) is 7.66. The molecule has 1 aromatic rings. The predicted octanol–water partition coefficient (Wildman–Crippen LogP) is 2.54. The number of anilines is 1. The van der Waals surface area contributed by atoms with Crippen molar-refractivity contribution >= 4 is 22.0 Å². The molecule has 0 aliphatic carbocycles. The number of benzene rings is 1. The number of allylic oxidation sites excluding steroid dienone is 2. The van der Waals surface area contributed by atoms with Crippen molar-refractivity contribution in [2.45, 2.75) is 12.8 Å². The maximum atomic E-state index is 10.7. The molecule has 1 aliphatic heterocycles. The monoisotopic (exact) mass is 379 g/mol. The topological polar surface area (TPSA) is 82.4 Å². The van der Waals surface area contributed by atoms with Gasteiger partial charge in [0, 0.05) is 20.1 Å². The van der Waals surface area contributed by atoms with Crippen molar-refractivity contribution in [2.24, 2.45) is 5.10 Å². The molecular formula is C18H25N3O4S. The highest BCUT2D eigenvalue weighted by Gasteiger charge is 2.07. The van der Waals surface area contributed by atoms with E-state index in [1.165, 1.54) is 0 Å². The Morgan fingerprint density at radius 1 is 1.31 bits per heavy atom. The van der Waals surface area contributed by atoms with Crippen LogP contribution >= 0.6 is 0 Å².